The molecular formula is C18H14O2. The van der Waals surface area contributed by atoms with E-state index in [1.54, 1.807) is 6.08 Å². The van der Waals surface area contributed by atoms with Gasteiger partial charge in [0.15, 0.2) is 0 Å². The van der Waals surface area contributed by atoms with Crippen LogP contribution in [0.5, 0.6) is 0 Å². The maximum atomic E-state index is 10.5. The van der Waals surface area contributed by atoms with E-state index in [1.165, 1.54) is 5.57 Å². The zero-order valence-corrected chi connectivity index (χ0v) is 10.9. The van der Waals surface area contributed by atoms with E-state index in [9.17, 15) is 10.2 Å². The van der Waals surface area contributed by atoms with Crippen LogP contribution in [0.1, 0.15) is 12.8 Å². The first-order chi connectivity index (χ1) is 9.69. The predicted octanol–water partition coefficient (Wildman–Crippen LogP) is 3.95. The average Bonchev–Trinajstić information content (AvgIpc) is 2.85. The number of aliphatic hydroxyl groups excluding tert-OH is 2. The van der Waals surface area contributed by atoms with Crippen molar-refractivity contribution < 1.29 is 10.2 Å². The van der Waals surface area contributed by atoms with Gasteiger partial charge in [0.05, 0.1) is 5.41 Å². The number of fused-ring (bicyclic) bond motifs is 2. The van der Waals surface area contributed by atoms with E-state index in [-0.39, 0.29) is 10.8 Å². The lowest BCUT2D eigenvalue weighted by Crippen LogP contribution is -2.26. The molecule has 2 unspecified atom stereocenters. The zero-order chi connectivity index (χ0) is 13.5. The van der Waals surface area contributed by atoms with Crippen LogP contribution < -0.4 is 0 Å². The Kier molecular flexibility index (Phi) is 1.54. The molecule has 0 saturated heterocycles. The highest BCUT2D eigenvalue weighted by Crippen LogP contribution is 2.79. The van der Waals surface area contributed by atoms with Crippen LogP contribution in [0.2, 0.25) is 0 Å². The Morgan fingerprint density at radius 3 is 2.75 bits per heavy atom. The van der Waals surface area contributed by atoms with Gasteiger partial charge in [-0.25, -0.2) is 0 Å². The molecule has 0 radical (unpaired) electrons. The minimum absolute atomic E-state index is 0.250. The normalized spacial score (nSPS) is 39.0. The Balaban J connectivity index is 1.83. The molecule has 1 saturated carbocycles. The van der Waals surface area contributed by atoms with Crippen molar-refractivity contribution in [3.05, 3.63) is 82.4 Å². The van der Waals surface area contributed by atoms with Gasteiger partial charge in [-0.1, -0.05) is 36.5 Å². The van der Waals surface area contributed by atoms with Gasteiger partial charge >= 0.3 is 0 Å². The van der Waals surface area contributed by atoms with Crippen LogP contribution in [0.25, 0.3) is 0 Å². The number of aliphatic hydroxyl groups is 2. The van der Waals surface area contributed by atoms with Crippen LogP contribution in [-0.2, 0) is 0 Å². The molecule has 0 aromatic heterocycles. The first-order valence-corrected chi connectivity index (χ1v) is 7.03. The highest BCUT2D eigenvalue weighted by molar-refractivity contribution is 5.74. The van der Waals surface area contributed by atoms with E-state index in [2.05, 4.69) is 30.4 Å². The Bertz CT molecular complexity index is 782. The van der Waals surface area contributed by atoms with E-state index in [1.807, 2.05) is 12.2 Å². The third-order valence-corrected chi connectivity index (χ3v) is 5.43. The molecule has 2 atom stereocenters. The quantitative estimate of drug-likeness (QED) is 0.694. The van der Waals surface area contributed by atoms with Gasteiger partial charge in [0.2, 0.25) is 0 Å². The summed E-state index contributed by atoms with van der Waals surface area (Å²) in [6.45, 7) is 0. The van der Waals surface area contributed by atoms with Crippen molar-refractivity contribution in [2.75, 3.05) is 0 Å². The molecule has 2 N–H and O–H groups in total. The SMILES string of the molecule is OC1=CC23CC24C(O)=CC=CC4=CC=C3C2=CCC=C12. The molecule has 0 aliphatic heterocycles. The topological polar surface area (TPSA) is 40.5 Å². The third kappa shape index (κ3) is 0.875. The molecule has 0 bridgehead atoms. The van der Waals surface area contributed by atoms with Crippen molar-refractivity contribution in [1.29, 1.82) is 0 Å². The molecule has 0 aromatic rings. The summed E-state index contributed by atoms with van der Waals surface area (Å²) in [4.78, 5) is 0. The van der Waals surface area contributed by atoms with Crippen molar-refractivity contribution in [1.82, 2.24) is 0 Å². The van der Waals surface area contributed by atoms with Crippen molar-refractivity contribution in [2.45, 2.75) is 12.8 Å². The molecule has 0 amide bonds. The second kappa shape index (κ2) is 2.93. The molecule has 5 aliphatic carbocycles. The summed E-state index contributed by atoms with van der Waals surface area (Å²) in [6, 6.07) is 0. The van der Waals surface area contributed by atoms with Crippen LogP contribution in [-0.4, -0.2) is 10.2 Å². The smallest absolute Gasteiger partial charge is 0.120 e. The molecule has 0 heterocycles. The molecule has 98 valence electrons. The molecule has 2 heteroatoms. The Hall–Kier alpha value is -2.22. The molecule has 5 aliphatic rings. The second-order valence-corrected chi connectivity index (χ2v) is 6.17. The largest absolute Gasteiger partial charge is 0.511 e. The fourth-order valence-electron chi connectivity index (χ4n) is 4.48. The summed E-state index contributed by atoms with van der Waals surface area (Å²) < 4.78 is 0. The maximum Gasteiger partial charge on any atom is 0.120 e. The summed E-state index contributed by atoms with van der Waals surface area (Å²) in [7, 11) is 0. The van der Waals surface area contributed by atoms with Gasteiger partial charge in [0.1, 0.15) is 11.5 Å². The Labute approximate surface area is 117 Å². The number of hydrogen-bond donors (Lipinski definition) is 2. The molecule has 1 fully saturated rings. The molecule has 2 nitrogen and oxygen atoms in total. The van der Waals surface area contributed by atoms with Crippen LogP contribution in [0.4, 0.5) is 0 Å². The van der Waals surface area contributed by atoms with Gasteiger partial charge in [-0.2, -0.15) is 0 Å². The van der Waals surface area contributed by atoms with Crippen LogP contribution in [0.15, 0.2) is 82.4 Å². The highest BCUT2D eigenvalue weighted by atomic mass is 16.3. The van der Waals surface area contributed by atoms with Gasteiger partial charge in [-0.05, 0) is 41.7 Å². The monoisotopic (exact) mass is 262 g/mol. The number of allylic oxidation sites excluding steroid dienone is 11. The van der Waals surface area contributed by atoms with Gasteiger partial charge < -0.3 is 10.2 Å². The minimum Gasteiger partial charge on any atom is -0.511 e. The van der Waals surface area contributed by atoms with E-state index in [4.69, 9.17) is 0 Å². The molecule has 20 heavy (non-hydrogen) atoms. The summed E-state index contributed by atoms with van der Waals surface area (Å²) in [5.41, 5.74) is 3.92. The Morgan fingerprint density at radius 2 is 1.85 bits per heavy atom. The van der Waals surface area contributed by atoms with E-state index in [0.29, 0.717) is 11.5 Å². The lowest BCUT2D eigenvalue weighted by Gasteiger charge is -2.35. The van der Waals surface area contributed by atoms with Crippen molar-refractivity contribution in [2.24, 2.45) is 10.8 Å². The van der Waals surface area contributed by atoms with Gasteiger partial charge in [0, 0.05) is 11.0 Å². The fraction of sp³-hybridized carbons (Fsp3) is 0.222. The fourth-order valence-corrected chi connectivity index (χ4v) is 4.48. The molecule has 5 rings (SSSR count). The lowest BCUT2D eigenvalue weighted by atomic mass is 9.69. The minimum atomic E-state index is -0.339. The average molecular weight is 262 g/mol. The van der Waals surface area contributed by atoms with Crippen LogP contribution in [0, 0.1) is 10.8 Å². The third-order valence-electron chi connectivity index (χ3n) is 5.43. The van der Waals surface area contributed by atoms with Crippen LogP contribution in [0.3, 0.4) is 0 Å². The second-order valence-electron chi connectivity index (χ2n) is 6.17. The maximum absolute atomic E-state index is 10.5. The van der Waals surface area contributed by atoms with Crippen LogP contribution >= 0.6 is 0 Å². The molecule has 2 spiro atoms. The number of hydrogen-bond acceptors (Lipinski definition) is 2. The summed E-state index contributed by atoms with van der Waals surface area (Å²) in [6.07, 6.45) is 18.0. The zero-order valence-electron chi connectivity index (χ0n) is 10.9. The van der Waals surface area contributed by atoms with E-state index >= 15 is 0 Å². The van der Waals surface area contributed by atoms with Gasteiger partial charge in [-0.15, -0.1) is 0 Å². The lowest BCUT2D eigenvalue weighted by molar-refractivity contribution is 0.313. The molecular weight excluding hydrogens is 248 g/mol. The predicted molar refractivity (Wildman–Crippen MR) is 77.0 cm³/mol. The first kappa shape index (κ1) is 10.6. The summed E-state index contributed by atoms with van der Waals surface area (Å²) in [5.74, 6) is 0.790. The van der Waals surface area contributed by atoms with Crippen molar-refractivity contribution in [3.63, 3.8) is 0 Å². The standard InChI is InChI=1S/C18H14O2/c19-15-9-17-10-18(17)11(3-1-6-16(18)20)7-8-14(17)12-4-2-5-13(12)15/h1,3-9,19-20H,2,10H2. The van der Waals surface area contributed by atoms with Crippen molar-refractivity contribution in [3.8, 4) is 0 Å². The van der Waals surface area contributed by atoms with E-state index in [0.717, 1.165) is 29.6 Å². The van der Waals surface area contributed by atoms with Gasteiger partial charge in [-0.3, -0.25) is 0 Å². The number of rotatable bonds is 0. The highest BCUT2D eigenvalue weighted by Gasteiger charge is 2.74. The van der Waals surface area contributed by atoms with Gasteiger partial charge in [0.25, 0.3) is 0 Å². The van der Waals surface area contributed by atoms with Crippen molar-refractivity contribution >= 4 is 0 Å². The first-order valence-electron chi connectivity index (χ1n) is 7.03. The summed E-state index contributed by atoms with van der Waals surface area (Å²) >= 11 is 0. The van der Waals surface area contributed by atoms with E-state index < -0.39 is 0 Å². The molecule has 0 aromatic carbocycles. The Morgan fingerprint density at radius 1 is 1.00 bits per heavy atom. The summed E-state index contributed by atoms with van der Waals surface area (Å²) in [5, 5.41) is 20.8.